The molecule has 0 amide bonds. The number of ether oxygens (including phenoxy) is 14. The number of unbranched alkanes of at least 4 members (excludes halogenated alkanes) is 1. The minimum absolute atomic E-state index is 0.0414. The molecule has 6 heterocycles. The molecule has 0 aromatic carbocycles. The molecule has 102 heavy (non-hydrogen) atoms. The van der Waals surface area contributed by atoms with Crippen molar-refractivity contribution in [2.45, 2.75) is 271 Å². The van der Waals surface area contributed by atoms with Gasteiger partial charge in [-0.25, -0.2) is 0 Å². The maximum absolute atomic E-state index is 11.9. The third-order valence-electron chi connectivity index (χ3n) is 19.6. The van der Waals surface area contributed by atoms with Crippen LogP contribution >= 0.6 is 24.4 Å². The second-order valence-electron chi connectivity index (χ2n) is 27.0. The molecule has 0 aromatic rings. The van der Waals surface area contributed by atoms with Crippen molar-refractivity contribution in [2.24, 2.45) is 68.8 Å². The molecule has 8 fully saturated rings. The van der Waals surface area contributed by atoms with E-state index in [9.17, 15) is 61.3 Å². The van der Waals surface area contributed by atoms with Gasteiger partial charge >= 0.3 is 0 Å². The zero-order valence-electron chi connectivity index (χ0n) is 56.5. The van der Waals surface area contributed by atoms with E-state index in [1.54, 1.807) is 0 Å². The van der Waals surface area contributed by atoms with Crippen LogP contribution in [0.2, 0.25) is 0 Å². The van der Waals surface area contributed by atoms with Crippen molar-refractivity contribution in [3.8, 4) is 0 Å². The highest BCUT2D eigenvalue weighted by Crippen LogP contribution is 2.37. The number of nitrogens with two attached hydrogens (primary N) is 12. The van der Waals surface area contributed by atoms with E-state index in [0.29, 0.717) is 65.2 Å². The minimum atomic E-state index is -1.66. The molecule has 0 bridgehead atoms. The first-order valence-electron chi connectivity index (χ1n) is 34.6. The van der Waals surface area contributed by atoms with Crippen molar-refractivity contribution < 1.29 is 128 Å². The molecule has 8 rings (SSSR count). The molecule has 0 spiro atoms. The number of thiocarbonyl (C=S) groups is 2. The molecule has 44 heteroatoms. The number of hydrogen-bond donors (Lipinski definition) is 28. The van der Waals surface area contributed by atoms with Gasteiger partial charge in [0.1, 0.15) is 134 Å². The second kappa shape index (κ2) is 40.0. The molecule has 594 valence electrons. The fourth-order valence-corrected chi connectivity index (χ4v) is 13.8. The Morgan fingerprint density at radius 1 is 0.304 bits per heavy atom. The molecular formula is C58H114N16O26S2. The number of nitrogens with one attached hydrogen (secondary N) is 4. The molecule has 6 aliphatic heterocycles. The first-order chi connectivity index (χ1) is 48.5. The average Bonchev–Trinajstić information content (AvgIpc) is 1.44. The van der Waals surface area contributed by atoms with Gasteiger partial charge in [0.2, 0.25) is 0 Å². The maximum Gasteiger partial charge on any atom is 0.187 e. The fourth-order valence-electron chi connectivity index (χ4n) is 13.4. The van der Waals surface area contributed by atoms with Crippen molar-refractivity contribution in [2.75, 3.05) is 78.8 Å². The normalized spacial score (nSPS) is 46.4. The molecule has 42 nitrogen and oxygen atoms in total. The van der Waals surface area contributed by atoms with Crippen LogP contribution in [0.1, 0.15) is 38.5 Å². The van der Waals surface area contributed by atoms with Crippen molar-refractivity contribution >= 4 is 34.7 Å². The van der Waals surface area contributed by atoms with E-state index in [1.807, 2.05) is 0 Å². The summed E-state index contributed by atoms with van der Waals surface area (Å²) >= 11 is 11.1. The Bertz CT molecular complexity index is 2350. The minimum Gasteiger partial charge on any atom is -0.389 e. The van der Waals surface area contributed by atoms with Crippen LogP contribution in [0.25, 0.3) is 0 Å². The standard InChI is InChI=1S/C58H114N16O26S2/c59-13-23-35(77)39(81)29(67)51(89-23)95-45-21(65)11-19(63)33(75)49(45)99-55-43(85)47(97-53-31(69)41(83)37(79)25(15-61)91-53)27(93-55)17-73-57(101)71-5-3-9-87-7-1-2-8-88-10-4-6-72-58(102)74-18-28-48(98-54-32(70)42(84)38(80)26(16-62)92-54)44(86)56(94-28)100-50-34(76)20(64)12-22(66)46(50)96-52-30(68)40(82)36(78)24(14-60)90-52/h19-56,75-86H,1-18,59-70H2,(H2,71,73,101)(H2,72,74,102)/t19-,20-,21?,22?,23?,24?,25-,26+,27-,28-,29?,30?,31?,32?,33+,34?,35?,36?,37?,38?,39-,40-,41?,42?,43?,44+,45?,46?,47?,48?,49?,50-,51+,52+,53+,54-,55+,56+/m1/s1. The first-order valence-corrected chi connectivity index (χ1v) is 35.4. The Morgan fingerprint density at radius 3 is 0.863 bits per heavy atom. The molecule has 38 atom stereocenters. The van der Waals surface area contributed by atoms with E-state index in [1.165, 1.54) is 0 Å². The monoisotopic (exact) mass is 1510 g/mol. The molecule has 0 radical (unpaired) electrons. The summed E-state index contributed by atoms with van der Waals surface area (Å²) in [6, 6.07) is -8.90. The second-order valence-corrected chi connectivity index (χ2v) is 27.9. The molecule has 2 saturated carbocycles. The maximum atomic E-state index is 11.9. The highest BCUT2D eigenvalue weighted by molar-refractivity contribution is 7.80. The van der Waals surface area contributed by atoms with Gasteiger partial charge in [0.15, 0.2) is 48.0 Å². The van der Waals surface area contributed by atoms with Gasteiger partial charge in [0.25, 0.3) is 0 Å². The van der Waals surface area contributed by atoms with Gasteiger partial charge in [-0.05, 0) is 63.0 Å². The summed E-state index contributed by atoms with van der Waals surface area (Å²) in [5.41, 5.74) is 73.7. The third-order valence-corrected chi connectivity index (χ3v) is 20.2. The van der Waals surface area contributed by atoms with Crippen molar-refractivity contribution in [3.63, 3.8) is 0 Å². The topological polar surface area (TPSA) is 732 Å². The number of aliphatic hydroxyl groups is 12. The van der Waals surface area contributed by atoms with Crippen LogP contribution in [-0.2, 0) is 66.3 Å². The molecule has 21 unspecified atom stereocenters. The summed E-state index contributed by atoms with van der Waals surface area (Å²) in [7, 11) is 0. The quantitative estimate of drug-likeness (QED) is 0.0214. The Hall–Kier alpha value is -2.14. The summed E-state index contributed by atoms with van der Waals surface area (Å²) in [6.45, 7) is 1.46. The van der Waals surface area contributed by atoms with Crippen molar-refractivity contribution in [3.05, 3.63) is 0 Å². The van der Waals surface area contributed by atoms with Crippen LogP contribution < -0.4 is 90.1 Å². The van der Waals surface area contributed by atoms with Crippen LogP contribution in [-0.4, -0.2) is 383 Å². The number of aliphatic hydroxyl groups excluding tert-OH is 12. The SMILES string of the molecule is NCC1O[C@@H](OC2C(N)C[C@@H](N)[C@H](O)C2O[C@@H]2O[C@H](CNC(=S)NCCCOCCCCOCCCNC(=S)NC[C@H]3O[C@@H](O[C@H]4C(O[C@@H]5OC(CN)C(O)[C@H](O)C5N)C(N)C[C@@H](N)C4O)[C@@H](O)C3O[C@H]3O[C@@H](CN)C(O)C(O)C3N)C(O[C@@H]3O[C@H](CN)C(O)C(O)C3N)C2O)C(N)[C@@H](O)C1O. The molecule has 40 N–H and O–H groups in total. The lowest BCUT2D eigenvalue weighted by Crippen LogP contribution is -2.68. The fraction of sp³-hybridized carbons (Fsp3) is 0.966. The number of rotatable bonds is 33. The van der Waals surface area contributed by atoms with Crippen molar-refractivity contribution in [1.82, 2.24) is 21.3 Å². The van der Waals surface area contributed by atoms with Crippen LogP contribution in [0.4, 0.5) is 0 Å². The zero-order chi connectivity index (χ0) is 74.5. The summed E-state index contributed by atoms with van der Waals surface area (Å²) in [5.74, 6) is 0. The molecule has 0 aromatic heterocycles. The van der Waals surface area contributed by atoms with E-state index >= 15 is 0 Å². The first kappa shape index (κ1) is 85.5. The van der Waals surface area contributed by atoms with Gasteiger partial charge in [-0.2, -0.15) is 0 Å². The van der Waals surface area contributed by atoms with Gasteiger partial charge in [-0.1, -0.05) is 0 Å². The largest absolute Gasteiger partial charge is 0.389 e. The molecule has 6 saturated heterocycles. The molecular weight excluding hydrogens is 1400 g/mol. The van der Waals surface area contributed by atoms with E-state index in [-0.39, 0.29) is 62.3 Å². The van der Waals surface area contributed by atoms with Gasteiger partial charge in [-0.3, -0.25) is 0 Å². The van der Waals surface area contributed by atoms with Gasteiger partial charge in [0, 0.05) is 103 Å². The predicted octanol–water partition coefficient (Wildman–Crippen LogP) is -16.2. The van der Waals surface area contributed by atoms with Gasteiger partial charge < -0.3 is 218 Å². The van der Waals surface area contributed by atoms with E-state index in [2.05, 4.69) is 21.3 Å². The summed E-state index contributed by atoms with van der Waals surface area (Å²) < 4.78 is 84.6. The summed E-state index contributed by atoms with van der Waals surface area (Å²) in [4.78, 5) is 0. The van der Waals surface area contributed by atoms with Gasteiger partial charge in [0.05, 0.1) is 36.4 Å². The molecule has 2 aliphatic carbocycles. The van der Waals surface area contributed by atoms with Crippen LogP contribution in [0, 0.1) is 0 Å². The van der Waals surface area contributed by atoms with Gasteiger partial charge in [-0.15, -0.1) is 0 Å². The Labute approximate surface area is 600 Å². The Morgan fingerprint density at radius 2 is 0.569 bits per heavy atom. The highest BCUT2D eigenvalue weighted by Gasteiger charge is 2.58. The lowest BCUT2D eigenvalue weighted by atomic mass is 9.84. The number of hydrogen-bond acceptors (Lipinski definition) is 40. The highest BCUT2D eigenvalue weighted by atomic mass is 32.1. The summed E-state index contributed by atoms with van der Waals surface area (Å²) in [6.07, 6.45) is -38.6. The third kappa shape index (κ3) is 21.0. The smallest absolute Gasteiger partial charge is 0.187 e. The lowest BCUT2D eigenvalue weighted by Gasteiger charge is -2.47. The summed E-state index contributed by atoms with van der Waals surface area (Å²) in [5, 5.41) is 144. The van der Waals surface area contributed by atoms with E-state index in [0.717, 1.165) is 0 Å². The van der Waals surface area contributed by atoms with E-state index in [4.69, 9.17) is 160 Å². The Balaban J connectivity index is 0.741. The van der Waals surface area contributed by atoms with E-state index < -0.39 is 233 Å². The lowest BCUT2D eigenvalue weighted by molar-refractivity contribution is -0.306. The van der Waals surface area contributed by atoms with Crippen LogP contribution in [0.3, 0.4) is 0 Å². The average molecular weight is 1520 g/mol. The predicted molar refractivity (Wildman–Crippen MR) is 360 cm³/mol. The Kier molecular flexibility index (Phi) is 33.5. The molecule has 8 aliphatic rings. The zero-order valence-corrected chi connectivity index (χ0v) is 58.1. The van der Waals surface area contributed by atoms with Crippen LogP contribution in [0.15, 0.2) is 0 Å². The van der Waals surface area contributed by atoms with Crippen molar-refractivity contribution in [1.29, 1.82) is 0 Å². The van der Waals surface area contributed by atoms with Crippen LogP contribution in [0.5, 0.6) is 0 Å².